The summed E-state index contributed by atoms with van der Waals surface area (Å²) in [4.78, 5) is 2.15. The van der Waals surface area contributed by atoms with E-state index < -0.39 is 32.0 Å². The van der Waals surface area contributed by atoms with Crippen molar-refractivity contribution in [1.82, 2.24) is 0 Å². The number of hydrogen-bond donors (Lipinski definition) is 2. The van der Waals surface area contributed by atoms with Crippen LogP contribution in [0.1, 0.15) is 29.5 Å². The maximum absolute atomic E-state index is 11.8. The van der Waals surface area contributed by atoms with Gasteiger partial charge in [0.2, 0.25) is 5.88 Å². The number of thiazole rings is 1. The molecule has 1 aliphatic rings. The molecule has 1 aliphatic heterocycles. The van der Waals surface area contributed by atoms with E-state index in [1.165, 1.54) is 27.6 Å². The van der Waals surface area contributed by atoms with Crippen LogP contribution in [0.15, 0.2) is 41.1 Å². The van der Waals surface area contributed by atoms with Crippen molar-refractivity contribution in [2.24, 2.45) is 0 Å². The van der Waals surface area contributed by atoms with Gasteiger partial charge in [0.15, 0.2) is 11.6 Å². The van der Waals surface area contributed by atoms with E-state index in [0.29, 0.717) is 22.9 Å². The number of rotatable bonds is 7. The van der Waals surface area contributed by atoms with Crippen LogP contribution in [-0.2, 0) is 26.1 Å². The summed E-state index contributed by atoms with van der Waals surface area (Å²) in [5.74, 6) is -0.564. The Labute approximate surface area is 226 Å². The van der Waals surface area contributed by atoms with Crippen molar-refractivity contribution < 1.29 is 35.2 Å². The zero-order valence-corrected chi connectivity index (χ0v) is 24.0. The highest BCUT2D eigenvalue weighted by Crippen LogP contribution is 2.42. The minimum absolute atomic E-state index is 0.227. The van der Waals surface area contributed by atoms with Gasteiger partial charge >= 0.3 is 10.1 Å². The van der Waals surface area contributed by atoms with E-state index in [-0.39, 0.29) is 5.88 Å². The summed E-state index contributed by atoms with van der Waals surface area (Å²) in [6.07, 6.45) is 4.01. The monoisotopic (exact) mass is 599 g/mol. The number of nitrogens with zero attached hydrogens (tertiary/aromatic N) is 2. The summed E-state index contributed by atoms with van der Waals surface area (Å²) in [6.45, 7) is 5.74. The molecule has 0 unspecified atom stereocenters. The molecule has 0 radical (unpaired) electrons. The second-order valence-corrected chi connectivity index (χ2v) is 14.7. The van der Waals surface area contributed by atoms with Crippen LogP contribution in [0.25, 0.3) is 25.0 Å². The molecule has 0 aliphatic carbocycles. The van der Waals surface area contributed by atoms with Crippen LogP contribution in [0.4, 0.5) is 5.69 Å². The number of allylic oxidation sites excluding steroid dienone is 2. The van der Waals surface area contributed by atoms with E-state index in [1.54, 1.807) is 22.0 Å². The Bertz CT molecular complexity index is 1830. The van der Waals surface area contributed by atoms with Gasteiger partial charge in [0, 0.05) is 17.5 Å². The number of benzene rings is 1. The van der Waals surface area contributed by atoms with Crippen LogP contribution in [0.3, 0.4) is 0 Å². The van der Waals surface area contributed by atoms with Crippen molar-refractivity contribution in [3.05, 3.63) is 57.2 Å². The van der Waals surface area contributed by atoms with Crippen LogP contribution in [-0.4, -0.2) is 31.8 Å². The first kappa shape index (κ1) is 26.3. The van der Waals surface area contributed by atoms with Crippen LogP contribution in [0.2, 0.25) is 0 Å². The predicted octanol–water partition coefficient (Wildman–Crippen LogP) is 5.31. The van der Waals surface area contributed by atoms with Gasteiger partial charge in [0.1, 0.15) is 4.70 Å². The minimum atomic E-state index is -4.37. The van der Waals surface area contributed by atoms with E-state index in [4.69, 9.17) is 4.74 Å². The van der Waals surface area contributed by atoms with E-state index >= 15 is 0 Å². The molecule has 0 bridgehead atoms. The van der Waals surface area contributed by atoms with Gasteiger partial charge in [-0.15, -0.1) is 11.3 Å². The molecular formula is C23H23N2O7S5+. The second-order valence-electron chi connectivity index (χ2n) is 8.64. The number of thiophene rings is 2. The molecule has 1 aromatic carbocycles. The van der Waals surface area contributed by atoms with Crippen LogP contribution in [0, 0.1) is 13.8 Å². The van der Waals surface area contributed by atoms with Gasteiger partial charge in [-0.05, 0) is 60.5 Å². The fourth-order valence-electron chi connectivity index (χ4n) is 4.04. The largest absolute Gasteiger partial charge is 0.439 e. The Morgan fingerprint density at radius 2 is 1.84 bits per heavy atom. The highest BCUT2D eigenvalue weighted by molar-refractivity contribution is 7.85. The zero-order valence-electron chi connectivity index (χ0n) is 20.0. The molecule has 2 N–H and O–H groups in total. The minimum Gasteiger partial charge on any atom is -0.439 e. The summed E-state index contributed by atoms with van der Waals surface area (Å²) in [7, 11) is -8.68. The number of ether oxygens (including phenoxy) is 1. The summed E-state index contributed by atoms with van der Waals surface area (Å²) < 4.78 is 76.1. The van der Waals surface area contributed by atoms with Gasteiger partial charge in [0.25, 0.3) is 25.8 Å². The lowest BCUT2D eigenvalue weighted by atomic mass is 10.1. The van der Waals surface area contributed by atoms with Crippen LogP contribution in [0.5, 0.6) is 5.75 Å². The molecule has 4 heterocycles. The molecule has 196 valence electrons. The molecule has 0 spiro atoms. The van der Waals surface area contributed by atoms with E-state index in [9.17, 15) is 25.9 Å². The van der Waals surface area contributed by atoms with E-state index in [0.717, 1.165) is 35.6 Å². The molecule has 37 heavy (non-hydrogen) atoms. The maximum Gasteiger partial charge on any atom is 0.326 e. The topological polar surface area (TPSA) is 125 Å². The Morgan fingerprint density at radius 3 is 2.51 bits per heavy atom. The molecule has 4 aromatic rings. The molecule has 0 atom stereocenters. The molecule has 0 fully saturated rings. The third-order valence-electron chi connectivity index (χ3n) is 5.93. The fourth-order valence-corrected chi connectivity index (χ4v) is 9.14. The molecule has 14 heteroatoms. The number of hydrogen-bond acceptors (Lipinski definition) is 9. The van der Waals surface area contributed by atoms with Crippen LogP contribution >= 0.6 is 34.0 Å². The Morgan fingerprint density at radius 1 is 1.11 bits per heavy atom. The van der Waals surface area contributed by atoms with Crippen molar-refractivity contribution in [2.75, 3.05) is 10.8 Å². The van der Waals surface area contributed by atoms with Gasteiger partial charge in [-0.25, -0.2) is 0 Å². The molecule has 9 nitrogen and oxygen atoms in total. The molecule has 0 saturated heterocycles. The quantitative estimate of drug-likeness (QED) is 0.216. The first-order valence-corrected chi connectivity index (χ1v) is 16.8. The lowest BCUT2D eigenvalue weighted by molar-refractivity contribution is -0.647. The Balaban J connectivity index is 1.63. The third-order valence-corrected chi connectivity index (χ3v) is 10.7. The van der Waals surface area contributed by atoms with Gasteiger partial charge in [-0.2, -0.15) is 21.4 Å². The van der Waals surface area contributed by atoms with Gasteiger partial charge in [-0.3, -0.25) is 14.0 Å². The van der Waals surface area contributed by atoms with Gasteiger partial charge in [-0.1, -0.05) is 29.6 Å². The number of aryl methyl sites for hydroxylation is 2. The predicted molar refractivity (Wildman–Crippen MR) is 149 cm³/mol. The van der Waals surface area contributed by atoms with Crippen molar-refractivity contribution in [3.63, 3.8) is 0 Å². The number of anilines is 1. The smallest absolute Gasteiger partial charge is 0.326 e. The zero-order chi connectivity index (χ0) is 26.7. The molecule has 0 amide bonds. The van der Waals surface area contributed by atoms with Gasteiger partial charge < -0.3 is 4.74 Å². The fraction of sp³-hybridized carbons (Fsp3) is 0.261. The average molecular weight is 600 g/mol. The van der Waals surface area contributed by atoms with Crippen molar-refractivity contribution in [2.45, 2.75) is 33.1 Å². The normalized spacial score (nSPS) is 15.8. The summed E-state index contributed by atoms with van der Waals surface area (Å²) in [6, 6.07) is 5.62. The third kappa shape index (κ3) is 5.32. The van der Waals surface area contributed by atoms with Crippen molar-refractivity contribution >= 4 is 84.9 Å². The molecular weight excluding hydrogens is 577 g/mol. The van der Waals surface area contributed by atoms with Crippen molar-refractivity contribution in [1.29, 1.82) is 0 Å². The molecule has 5 rings (SSSR count). The second kappa shape index (κ2) is 9.45. The Hall–Kier alpha value is -2.33. The number of fused-ring (bicyclic) bond motifs is 4. The Kier molecular flexibility index (Phi) is 6.71. The standard InChI is InChI=1S/C23H22N2O7S5/c1-4-15(9-19-24(11-36(26,27)28)17-7-13(2)14(3)8-18(17)32-19)10-20-25(12-37(29,30)31)22-21(34-20)16-5-6-33-23(16)35-22/h5-10H,4,11-12H2,1-3H3,(H-,26,27,28,29,30,31)/p+1. The SMILES string of the molecule is CCC(=Cc1sc2c3ccsc3sc2[n+]1CS(=O)(=O)O)C=C1Oc2cc(C)c(C)cc2N1CS(=O)(=O)O. The lowest BCUT2D eigenvalue weighted by Gasteiger charge is -2.17. The summed E-state index contributed by atoms with van der Waals surface area (Å²) in [5, 5.41) is 3.63. The van der Waals surface area contributed by atoms with Crippen LogP contribution < -0.4 is 14.2 Å². The highest BCUT2D eigenvalue weighted by Gasteiger charge is 2.31. The van der Waals surface area contributed by atoms with E-state index in [2.05, 4.69) is 0 Å². The average Bonchev–Trinajstić information content (AvgIpc) is 3.51. The molecule has 3 aromatic heterocycles. The lowest BCUT2D eigenvalue weighted by Crippen LogP contribution is -2.38. The van der Waals surface area contributed by atoms with Gasteiger partial charge in [0.05, 0.1) is 9.70 Å². The van der Waals surface area contributed by atoms with E-state index in [1.807, 2.05) is 50.4 Å². The summed E-state index contributed by atoms with van der Waals surface area (Å²) >= 11 is 4.46. The summed E-state index contributed by atoms with van der Waals surface area (Å²) in [5.41, 5.74) is 3.18. The first-order chi connectivity index (χ1) is 17.3. The first-order valence-electron chi connectivity index (χ1n) is 11.0. The molecule has 0 saturated carbocycles. The van der Waals surface area contributed by atoms with Crippen molar-refractivity contribution in [3.8, 4) is 5.75 Å². The number of aromatic nitrogens is 1. The highest BCUT2D eigenvalue weighted by atomic mass is 32.2. The maximum atomic E-state index is 11.8.